The third-order valence-corrected chi connectivity index (χ3v) is 5.58. The summed E-state index contributed by atoms with van der Waals surface area (Å²) in [7, 11) is 0. The van der Waals surface area contributed by atoms with Gasteiger partial charge < -0.3 is 10.4 Å². The van der Waals surface area contributed by atoms with E-state index in [0.717, 1.165) is 37.5 Å². The topological polar surface area (TPSA) is 35.5 Å². The summed E-state index contributed by atoms with van der Waals surface area (Å²) in [5.74, 6) is 1.14. The van der Waals surface area contributed by atoms with E-state index in [9.17, 15) is 5.11 Å². The van der Waals surface area contributed by atoms with Crippen LogP contribution in [0.5, 0.6) is 5.75 Å². The normalized spacial score (nSPS) is 20.0. The van der Waals surface area contributed by atoms with Crippen molar-refractivity contribution in [3.05, 3.63) is 42.0 Å². The maximum absolute atomic E-state index is 9.67. The summed E-state index contributed by atoms with van der Waals surface area (Å²) < 4.78 is 0. The highest BCUT2D eigenvalue weighted by Crippen LogP contribution is 2.40. The van der Waals surface area contributed by atoms with Gasteiger partial charge in [-0.25, -0.2) is 0 Å². The number of hydrogen-bond acceptors (Lipinski definition) is 3. The number of phenols is 1. The lowest BCUT2D eigenvalue weighted by atomic mass is 9.88. The Bertz CT molecular complexity index is 682. The summed E-state index contributed by atoms with van der Waals surface area (Å²) in [6.45, 7) is 4.50. The van der Waals surface area contributed by atoms with Crippen LogP contribution in [0, 0.1) is 5.92 Å². The van der Waals surface area contributed by atoms with E-state index < -0.39 is 0 Å². The number of halogens is 2. The van der Waals surface area contributed by atoms with Gasteiger partial charge in [-0.3, -0.25) is 4.90 Å². The summed E-state index contributed by atoms with van der Waals surface area (Å²) in [5, 5.41) is 15.5. The van der Waals surface area contributed by atoms with Crippen molar-refractivity contribution in [3.8, 4) is 5.75 Å². The van der Waals surface area contributed by atoms with Gasteiger partial charge in [-0.05, 0) is 53.3 Å². The molecule has 2 aromatic carbocycles. The second-order valence-electron chi connectivity index (χ2n) is 7.07. The Balaban J connectivity index is 0.00000113. The Labute approximate surface area is 162 Å². The maximum Gasteiger partial charge on any atom is 0.116 e. The molecule has 2 N–H and O–H groups in total. The van der Waals surface area contributed by atoms with E-state index in [0.29, 0.717) is 11.8 Å². The molecule has 0 aromatic heterocycles. The lowest BCUT2D eigenvalue weighted by Gasteiger charge is -2.38. The van der Waals surface area contributed by atoms with Gasteiger partial charge in [0, 0.05) is 32.2 Å². The summed E-state index contributed by atoms with van der Waals surface area (Å²) in [5.41, 5.74) is 1.46. The van der Waals surface area contributed by atoms with Crippen molar-refractivity contribution < 1.29 is 5.11 Å². The zero-order valence-electron chi connectivity index (χ0n) is 14.5. The molecule has 2 aromatic rings. The van der Waals surface area contributed by atoms with Crippen molar-refractivity contribution in [3.63, 3.8) is 0 Å². The molecule has 0 spiro atoms. The van der Waals surface area contributed by atoms with Crippen molar-refractivity contribution in [2.24, 2.45) is 5.92 Å². The van der Waals surface area contributed by atoms with Crippen molar-refractivity contribution in [2.75, 3.05) is 26.2 Å². The average molecular weight is 383 g/mol. The number of aromatic hydroxyl groups is 1. The van der Waals surface area contributed by atoms with Gasteiger partial charge in [0.25, 0.3) is 0 Å². The van der Waals surface area contributed by atoms with Gasteiger partial charge in [0.1, 0.15) is 5.75 Å². The van der Waals surface area contributed by atoms with Gasteiger partial charge in [-0.1, -0.05) is 31.0 Å². The molecular formula is C20H28Cl2N2O. The van der Waals surface area contributed by atoms with Crippen LogP contribution in [0.2, 0.25) is 0 Å². The van der Waals surface area contributed by atoms with E-state index in [1.165, 1.54) is 36.6 Å². The minimum Gasteiger partial charge on any atom is -0.508 e. The van der Waals surface area contributed by atoms with Crippen LogP contribution in [0.15, 0.2) is 36.4 Å². The van der Waals surface area contributed by atoms with E-state index in [2.05, 4.69) is 28.4 Å². The minimum absolute atomic E-state index is 0. The molecule has 1 aliphatic carbocycles. The van der Waals surface area contributed by atoms with Gasteiger partial charge in [-0.2, -0.15) is 0 Å². The summed E-state index contributed by atoms with van der Waals surface area (Å²) in [4.78, 5) is 2.69. The van der Waals surface area contributed by atoms with E-state index in [4.69, 9.17) is 0 Å². The number of phenolic OH excluding ortho intramolecular Hbond substituents is 1. The first-order valence-corrected chi connectivity index (χ1v) is 8.99. The number of benzene rings is 2. The first-order chi connectivity index (χ1) is 11.3. The third-order valence-electron chi connectivity index (χ3n) is 5.58. The monoisotopic (exact) mass is 382 g/mol. The molecule has 1 atom stereocenters. The lowest BCUT2D eigenvalue weighted by molar-refractivity contribution is 0.125. The fraction of sp³-hybridized carbons (Fsp3) is 0.500. The fourth-order valence-electron chi connectivity index (χ4n) is 4.45. The molecule has 0 amide bonds. The molecule has 1 heterocycles. The van der Waals surface area contributed by atoms with Crippen LogP contribution in [0.1, 0.15) is 37.3 Å². The van der Waals surface area contributed by atoms with Crippen molar-refractivity contribution in [2.45, 2.75) is 31.7 Å². The number of nitrogens with one attached hydrogen (secondary N) is 1. The third kappa shape index (κ3) is 4.40. The molecule has 1 aliphatic heterocycles. The SMILES string of the molecule is Cl.Cl.Oc1ccc2cc([C@H](C3CCCC3)N3CCNCC3)ccc2c1. The second-order valence-corrected chi connectivity index (χ2v) is 7.07. The van der Waals surface area contributed by atoms with Crippen molar-refractivity contribution in [1.82, 2.24) is 10.2 Å². The Morgan fingerprint density at radius 1 is 0.920 bits per heavy atom. The van der Waals surface area contributed by atoms with E-state index in [1.54, 1.807) is 6.07 Å². The predicted molar refractivity (Wildman–Crippen MR) is 109 cm³/mol. The summed E-state index contributed by atoms with van der Waals surface area (Å²) >= 11 is 0. The molecule has 5 heteroatoms. The van der Waals surface area contributed by atoms with Crippen LogP contribution in [0.25, 0.3) is 10.8 Å². The fourth-order valence-corrected chi connectivity index (χ4v) is 4.45. The highest BCUT2D eigenvalue weighted by molar-refractivity contribution is 5.86. The van der Waals surface area contributed by atoms with Gasteiger partial charge in [-0.15, -0.1) is 24.8 Å². The molecular weight excluding hydrogens is 355 g/mol. The van der Waals surface area contributed by atoms with Gasteiger partial charge in [0.15, 0.2) is 0 Å². The number of fused-ring (bicyclic) bond motifs is 1. The average Bonchev–Trinajstić information content (AvgIpc) is 3.10. The van der Waals surface area contributed by atoms with Gasteiger partial charge in [0.2, 0.25) is 0 Å². The van der Waals surface area contributed by atoms with E-state index in [-0.39, 0.29) is 24.8 Å². The quantitative estimate of drug-likeness (QED) is 0.818. The van der Waals surface area contributed by atoms with Crippen LogP contribution in [-0.2, 0) is 0 Å². The van der Waals surface area contributed by atoms with E-state index in [1.807, 2.05) is 12.1 Å². The van der Waals surface area contributed by atoms with Crippen molar-refractivity contribution in [1.29, 1.82) is 0 Å². The molecule has 0 bridgehead atoms. The minimum atomic E-state index is 0. The number of nitrogens with zero attached hydrogens (tertiary/aromatic N) is 1. The molecule has 0 radical (unpaired) electrons. The molecule has 1 saturated carbocycles. The predicted octanol–water partition coefficient (Wildman–Crippen LogP) is 4.53. The molecule has 25 heavy (non-hydrogen) atoms. The lowest BCUT2D eigenvalue weighted by Crippen LogP contribution is -2.46. The molecule has 0 unspecified atom stereocenters. The molecule has 2 aliphatic rings. The smallest absolute Gasteiger partial charge is 0.116 e. The highest BCUT2D eigenvalue weighted by Gasteiger charge is 2.31. The zero-order chi connectivity index (χ0) is 15.6. The Kier molecular flexibility index (Phi) is 7.38. The highest BCUT2D eigenvalue weighted by atomic mass is 35.5. The summed E-state index contributed by atoms with van der Waals surface area (Å²) in [6.07, 6.45) is 5.49. The second kappa shape index (κ2) is 9.09. The molecule has 138 valence electrons. The van der Waals surface area contributed by atoms with Crippen LogP contribution in [-0.4, -0.2) is 36.2 Å². The standard InChI is InChI=1S/C20H26N2O.2ClH/c23-19-8-7-16-13-18(6-5-17(16)14-19)20(15-3-1-2-4-15)22-11-9-21-10-12-22;;/h5-8,13-15,20-21,23H,1-4,9-12H2;2*1H/t20-;;/m0../s1. The maximum atomic E-state index is 9.67. The number of rotatable bonds is 3. The Morgan fingerprint density at radius 2 is 1.56 bits per heavy atom. The molecule has 4 rings (SSSR count). The van der Waals surface area contributed by atoms with Crippen LogP contribution < -0.4 is 5.32 Å². The zero-order valence-corrected chi connectivity index (χ0v) is 16.1. The van der Waals surface area contributed by atoms with Gasteiger partial charge >= 0.3 is 0 Å². The first-order valence-electron chi connectivity index (χ1n) is 8.99. The Morgan fingerprint density at radius 3 is 2.28 bits per heavy atom. The van der Waals surface area contributed by atoms with E-state index >= 15 is 0 Å². The van der Waals surface area contributed by atoms with Gasteiger partial charge in [0.05, 0.1) is 0 Å². The number of piperazine rings is 1. The molecule has 1 saturated heterocycles. The first kappa shape index (κ1) is 20.3. The van der Waals surface area contributed by atoms with Crippen LogP contribution in [0.4, 0.5) is 0 Å². The van der Waals surface area contributed by atoms with Crippen LogP contribution >= 0.6 is 24.8 Å². The molecule has 2 fully saturated rings. The number of hydrogen-bond donors (Lipinski definition) is 2. The largest absolute Gasteiger partial charge is 0.508 e. The molecule has 3 nitrogen and oxygen atoms in total. The Hall–Kier alpha value is -1.00. The van der Waals surface area contributed by atoms with Crippen LogP contribution in [0.3, 0.4) is 0 Å². The summed E-state index contributed by atoms with van der Waals surface area (Å²) in [6, 6.07) is 13.0. The van der Waals surface area contributed by atoms with Crippen molar-refractivity contribution >= 4 is 35.6 Å².